The Balaban J connectivity index is 1.69. The number of carbonyl (C=O) groups is 1. The number of benzene rings is 1. The number of morpholine rings is 1. The van der Waals surface area contributed by atoms with Crippen LogP contribution in [0.15, 0.2) is 18.2 Å². The van der Waals surface area contributed by atoms with E-state index in [-0.39, 0.29) is 18.0 Å². The van der Waals surface area contributed by atoms with E-state index in [0.29, 0.717) is 26.0 Å². The highest BCUT2D eigenvalue weighted by Crippen LogP contribution is 2.45. The van der Waals surface area contributed by atoms with Gasteiger partial charge in [-0.1, -0.05) is 12.5 Å². The molecule has 1 saturated heterocycles. The van der Waals surface area contributed by atoms with Crippen molar-refractivity contribution < 1.29 is 18.3 Å². The molecule has 1 saturated carbocycles. The van der Waals surface area contributed by atoms with Gasteiger partial charge < -0.3 is 15.0 Å². The van der Waals surface area contributed by atoms with Crippen LogP contribution >= 0.6 is 0 Å². The molecule has 0 bridgehead atoms. The second kappa shape index (κ2) is 6.53. The van der Waals surface area contributed by atoms with Gasteiger partial charge in [0, 0.05) is 30.6 Å². The van der Waals surface area contributed by atoms with Crippen LogP contribution in [0.3, 0.4) is 0 Å². The van der Waals surface area contributed by atoms with E-state index in [0.717, 1.165) is 13.0 Å². The maximum absolute atomic E-state index is 14.1. The van der Waals surface area contributed by atoms with Crippen LogP contribution in [-0.2, 0) is 14.9 Å². The zero-order chi connectivity index (χ0) is 16.4. The maximum atomic E-state index is 14.1. The largest absolute Gasteiger partial charge is 0.366 e. The Bertz CT molecular complexity index is 570. The number of nitrogens with zero attached hydrogens (tertiary/aromatic N) is 1. The summed E-state index contributed by atoms with van der Waals surface area (Å²) in [4.78, 5) is 14.3. The molecule has 1 aliphatic heterocycles. The van der Waals surface area contributed by atoms with Gasteiger partial charge in [0.2, 0.25) is 0 Å². The quantitative estimate of drug-likeness (QED) is 0.919. The van der Waals surface area contributed by atoms with Crippen molar-refractivity contribution >= 4 is 5.91 Å². The van der Waals surface area contributed by atoms with Crippen LogP contribution in [0.5, 0.6) is 0 Å². The fourth-order valence-electron chi connectivity index (χ4n) is 3.43. The minimum absolute atomic E-state index is 0.105. The number of rotatable bonds is 4. The van der Waals surface area contributed by atoms with E-state index < -0.39 is 23.2 Å². The second-order valence-electron chi connectivity index (χ2n) is 6.57. The molecule has 1 atom stereocenters. The van der Waals surface area contributed by atoms with E-state index in [1.807, 2.05) is 11.9 Å². The first kappa shape index (κ1) is 16.3. The first-order valence-corrected chi connectivity index (χ1v) is 8.04. The zero-order valence-corrected chi connectivity index (χ0v) is 13.3. The smallest absolute Gasteiger partial charge is 0.250 e. The lowest BCUT2D eigenvalue weighted by atomic mass is 9.64. The van der Waals surface area contributed by atoms with Crippen LogP contribution in [0.2, 0.25) is 0 Å². The standard InChI is InChI=1S/C17H22F2N2O2/c1-21-8-9-23-14(10-21)16(22)20-11-17(6-3-7-17)15-12(18)4-2-5-13(15)19/h2,4-5,14H,3,6-11H2,1H3,(H,20,22)/t14-/m1/s1. The first-order chi connectivity index (χ1) is 11.0. The third kappa shape index (κ3) is 3.23. The van der Waals surface area contributed by atoms with Crippen molar-refractivity contribution in [1.29, 1.82) is 0 Å². The summed E-state index contributed by atoms with van der Waals surface area (Å²) in [6.45, 7) is 2.09. The fraction of sp³-hybridized carbons (Fsp3) is 0.588. The van der Waals surface area contributed by atoms with Gasteiger partial charge in [0.25, 0.3) is 5.91 Å². The van der Waals surface area contributed by atoms with E-state index in [9.17, 15) is 13.6 Å². The topological polar surface area (TPSA) is 41.6 Å². The zero-order valence-electron chi connectivity index (χ0n) is 13.3. The summed E-state index contributed by atoms with van der Waals surface area (Å²) >= 11 is 0. The Morgan fingerprint density at radius 3 is 2.65 bits per heavy atom. The minimum atomic E-state index is -0.633. The summed E-state index contributed by atoms with van der Waals surface area (Å²) in [5.41, 5.74) is -0.528. The lowest BCUT2D eigenvalue weighted by Gasteiger charge is -2.43. The first-order valence-electron chi connectivity index (χ1n) is 8.04. The van der Waals surface area contributed by atoms with Gasteiger partial charge in [-0.25, -0.2) is 8.78 Å². The molecule has 1 amide bonds. The Labute approximate surface area is 134 Å². The number of hydrogen-bond donors (Lipinski definition) is 1. The summed E-state index contributed by atoms with van der Waals surface area (Å²) in [6.07, 6.45) is 1.75. The normalized spacial score (nSPS) is 24.0. The van der Waals surface area contributed by atoms with Gasteiger partial charge in [-0.15, -0.1) is 0 Å². The average Bonchev–Trinajstić information content (AvgIpc) is 2.48. The van der Waals surface area contributed by atoms with Crippen molar-refractivity contribution in [3.05, 3.63) is 35.4 Å². The minimum Gasteiger partial charge on any atom is -0.366 e. The third-order valence-electron chi connectivity index (χ3n) is 4.97. The molecule has 2 fully saturated rings. The molecule has 2 aliphatic rings. The lowest BCUT2D eigenvalue weighted by molar-refractivity contribution is -0.138. The molecule has 3 rings (SSSR count). The Morgan fingerprint density at radius 2 is 2.09 bits per heavy atom. The van der Waals surface area contributed by atoms with Gasteiger partial charge in [0.15, 0.2) is 0 Å². The molecule has 0 unspecified atom stereocenters. The predicted molar refractivity (Wildman–Crippen MR) is 82.1 cm³/mol. The van der Waals surface area contributed by atoms with Crippen molar-refractivity contribution in [3.8, 4) is 0 Å². The van der Waals surface area contributed by atoms with Crippen molar-refractivity contribution in [2.45, 2.75) is 30.8 Å². The summed E-state index contributed by atoms with van der Waals surface area (Å²) in [6, 6.07) is 3.92. The summed E-state index contributed by atoms with van der Waals surface area (Å²) in [5, 5.41) is 2.84. The highest BCUT2D eigenvalue weighted by atomic mass is 19.1. The number of amides is 1. The monoisotopic (exact) mass is 324 g/mol. The third-order valence-corrected chi connectivity index (χ3v) is 4.97. The molecule has 6 heteroatoms. The Morgan fingerprint density at radius 1 is 1.39 bits per heavy atom. The number of ether oxygens (including phenoxy) is 1. The van der Waals surface area contributed by atoms with Gasteiger partial charge in [-0.2, -0.15) is 0 Å². The Kier molecular flexibility index (Phi) is 4.64. The van der Waals surface area contributed by atoms with Crippen LogP contribution in [0, 0.1) is 11.6 Å². The molecule has 0 aromatic heterocycles. The van der Waals surface area contributed by atoms with Crippen LogP contribution in [0.1, 0.15) is 24.8 Å². The maximum Gasteiger partial charge on any atom is 0.250 e. The summed E-state index contributed by atoms with van der Waals surface area (Å²) in [5.74, 6) is -1.28. The highest BCUT2D eigenvalue weighted by Gasteiger charge is 2.43. The van der Waals surface area contributed by atoms with E-state index in [2.05, 4.69) is 5.32 Å². The molecule has 1 aromatic rings. The highest BCUT2D eigenvalue weighted by molar-refractivity contribution is 5.81. The molecule has 126 valence electrons. The molecule has 1 heterocycles. The molecular weight excluding hydrogens is 302 g/mol. The molecule has 1 N–H and O–H groups in total. The van der Waals surface area contributed by atoms with Gasteiger partial charge in [0.05, 0.1) is 6.61 Å². The molecule has 1 aliphatic carbocycles. The van der Waals surface area contributed by atoms with Crippen LogP contribution in [-0.4, -0.2) is 50.2 Å². The molecule has 4 nitrogen and oxygen atoms in total. The Hall–Kier alpha value is -1.53. The average molecular weight is 324 g/mol. The summed E-state index contributed by atoms with van der Waals surface area (Å²) in [7, 11) is 1.94. The predicted octanol–water partition coefficient (Wildman–Crippen LogP) is 1.83. The van der Waals surface area contributed by atoms with E-state index in [4.69, 9.17) is 4.74 Å². The molecule has 23 heavy (non-hydrogen) atoms. The van der Waals surface area contributed by atoms with Crippen molar-refractivity contribution in [3.63, 3.8) is 0 Å². The summed E-state index contributed by atoms with van der Waals surface area (Å²) < 4.78 is 33.7. The van der Waals surface area contributed by atoms with Gasteiger partial charge in [-0.3, -0.25) is 4.79 Å². The van der Waals surface area contributed by atoms with Crippen LogP contribution in [0.4, 0.5) is 8.78 Å². The van der Waals surface area contributed by atoms with Gasteiger partial charge in [0.1, 0.15) is 17.7 Å². The number of carbonyl (C=O) groups excluding carboxylic acids is 1. The molecule has 1 aromatic carbocycles. The number of likely N-dealkylation sites (N-methyl/N-ethyl adjacent to an activating group) is 1. The SMILES string of the molecule is CN1CCO[C@@H](C(=O)NCC2(c3c(F)cccc3F)CCC2)C1. The second-order valence-corrected chi connectivity index (χ2v) is 6.57. The van der Waals surface area contributed by atoms with Crippen LogP contribution < -0.4 is 5.32 Å². The van der Waals surface area contributed by atoms with Gasteiger partial charge >= 0.3 is 0 Å². The molecule has 0 spiro atoms. The number of halogens is 2. The van der Waals surface area contributed by atoms with Gasteiger partial charge in [-0.05, 0) is 32.0 Å². The van der Waals surface area contributed by atoms with Crippen molar-refractivity contribution in [2.75, 3.05) is 33.3 Å². The molecule has 0 radical (unpaired) electrons. The van der Waals surface area contributed by atoms with E-state index in [1.165, 1.54) is 18.2 Å². The lowest BCUT2D eigenvalue weighted by Crippen LogP contribution is -2.52. The van der Waals surface area contributed by atoms with E-state index in [1.54, 1.807) is 0 Å². The number of nitrogens with one attached hydrogen (secondary N) is 1. The van der Waals surface area contributed by atoms with Crippen LogP contribution in [0.25, 0.3) is 0 Å². The number of hydrogen-bond acceptors (Lipinski definition) is 3. The van der Waals surface area contributed by atoms with Crippen molar-refractivity contribution in [2.24, 2.45) is 0 Å². The van der Waals surface area contributed by atoms with Crippen molar-refractivity contribution in [1.82, 2.24) is 10.2 Å². The van der Waals surface area contributed by atoms with E-state index >= 15 is 0 Å². The molecular formula is C17H22F2N2O2. The fourth-order valence-corrected chi connectivity index (χ4v) is 3.43.